The number of amides is 1. The Bertz CT molecular complexity index is 1190. The molecular formula is C23H24FN5O2. The first-order valence-electron chi connectivity index (χ1n) is 10.3. The monoisotopic (exact) mass is 421 g/mol. The molecule has 2 aliphatic heterocycles. The van der Waals surface area contributed by atoms with Crippen molar-refractivity contribution in [1.82, 2.24) is 20.2 Å². The van der Waals surface area contributed by atoms with Gasteiger partial charge in [0.2, 0.25) is 5.91 Å². The zero-order valence-corrected chi connectivity index (χ0v) is 17.5. The lowest BCUT2D eigenvalue weighted by Gasteiger charge is -2.26. The van der Waals surface area contributed by atoms with Crippen molar-refractivity contribution in [2.75, 3.05) is 13.6 Å². The van der Waals surface area contributed by atoms with E-state index >= 15 is 4.39 Å². The smallest absolute Gasteiger partial charge is 0.270 e. The first-order chi connectivity index (χ1) is 15.0. The van der Waals surface area contributed by atoms with Crippen molar-refractivity contribution in [3.8, 4) is 0 Å². The van der Waals surface area contributed by atoms with Crippen molar-refractivity contribution in [2.45, 2.75) is 32.4 Å². The number of aliphatic imine (C=N–C) groups is 1. The van der Waals surface area contributed by atoms with Crippen molar-refractivity contribution in [3.63, 3.8) is 0 Å². The minimum atomic E-state index is -0.483. The number of allylic oxidation sites excluding steroid dienone is 3. The van der Waals surface area contributed by atoms with Crippen LogP contribution in [-0.2, 0) is 17.8 Å². The van der Waals surface area contributed by atoms with Gasteiger partial charge in [-0.3, -0.25) is 14.6 Å². The Morgan fingerprint density at radius 3 is 2.84 bits per heavy atom. The van der Waals surface area contributed by atoms with E-state index < -0.39 is 11.9 Å². The predicted molar refractivity (Wildman–Crippen MR) is 118 cm³/mol. The molecular weight excluding hydrogens is 397 g/mol. The molecule has 1 aromatic heterocycles. The molecule has 1 atom stereocenters. The Balaban J connectivity index is 1.50. The van der Waals surface area contributed by atoms with Gasteiger partial charge < -0.3 is 15.2 Å². The third-order valence-electron chi connectivity index (χ3n) is 5.54. The van der Waals surface area contributed by atoms with Crippen LogP contribution in [0.3, 0.4) is 0 Å². The van der Waals surface area contributed by atoms with Gasteiger partial charge in [0.05, 0.1) is 5.52 Å². The average Bonchev–Trinajstić information content (AvgIpc) is 2.81. The molecule has 160 valence electrons. The fourth-order valence-electron chi connectivity index (χ4n) is 3.71. The molecule has 1 unspecified atom stereocenters. The molecule has 0 aliphatic carbocycles. The van der Waals surface area contributed by atoms with Gasteiger partial charge in [0, 0.05) is 31.9 Å². The van der Waals surface area contributed by atoms with Crippen LogP contribution < -0.4 is 10.9 Å². The molecule has 2 aromatic rings. The fraction of sp³-hybridized carbons (Fsp3) is 0.304. The normalized spacial score (nSPS) is 20.5. The average molecular weight is 421 g/mol. The molecule has 1 amide bonds. The summed E-state index contributed by atoms with van der Waals surface area (Å²) in [6, 6.07) is 2.99. The van der Waals surface area contributed by atoms with Crippen LogP contribution in [0.15, 0.2) is 57.5 Å². The topological polar surface area (TPSA) is 90.4 Å². The number of hydrogen-bond donors (Lipinski definition) is 2. The minimum Gasteiger partial charge on any atom is -0.373 e. The summed E-state index contributed by atoms with van der Waals surface area (Å²) in [6.45, 7) is 2.95. The number of benzene rings is 1. The minimum absolute atomic E-state index is 0.137. The predicted octanol–water partition coefficient (Wildman–Crippen LogP) is 2.40. The second kappa shape index (κ2) is 8.67. The van der Waals surface area contributed by atoms with Crippen molar-refractivity contribution >= 4 is 23.2 Å². The van der Waals surface area contributed by atoms with Crippen molar-refractivity contribution in [1.29, 1.82) is 0 Å². The molecule has 1 aromatic carbocycles. The summed E-state index contributed by atoms with van der Waals surface area (Å²) in [6.07, 6.45) is 10.6. The van der Waals surface area contributed by atoms with E-state index in [0.29, 0.717) is 29.7 Å². The van der Waals surface area contributed by atoms with Gasteiger partial charge in [-0.1, -0.05) is 25.1 Å². The maximum Gasteiger partial charge on any atom is 0.270 e. The molecule has 0 bridgehead atoms. The number of aromatic amines is 1. The number of rotatable bonds is 4. The second-order valence-electron chi connectivity index (χ2n) is 7.51. The highest BCUT2D eigenvalue weighted by Crippen LogP contribution is 2.23. The van der Waals surface area contributed by atoms with E-state index in [1.165, 1.54) is 0 Å². The molecule has 0 spiro atoms. The number of aromatic nitrogens is 2. The van der Waals surface area contributed by atoms with E-state index in [4.69, 9.17) is 0 Å². The van der Waals surface area contributed by atoms with Gasteiger partial charge >= 0.3 is 0 Å². The summed E-state index contributed by atoms with van der Waals surface area (Å²) in [5, 5.41) is 2.59. The summed E-state index contributed by atoms with van der Waals surface area (Å²) in [4.78, 5) is 36.9. The van der Waals surface area contributed by atoms with E-state index in [-0.39, 0.29) is 17.0 Å². The van der Waals surface area contributed by atoms with Gasteiger partial charge in [-0.2, -0.15) is 0 Å². The van der Waals surface area contributed by atoms with Crippen LogP contribution in [0, 0.1) is 5.82 Å². The summed E-state index contributed by atoms with van der Waals surface area (Å²) in [7, 11) is 1.59. The van der Waals surface area contributed by atoms with Gasteiger partial charge in [0.25, 0.3) is 5.56 Å². The summed E-state index contributed by atoms with van der Waals surface area (Å²) < 4.78 is 15.0. The number of likely N-dealkylation sites (N-methyl/N-ethyl adjacent to an activating group) is 1. The van der Waals surface area contributed by atoms with Crippen LogP contribution in [0.5, 0.6) is 0 Å². The second-order valence-corrected chi connectivity index (χ2v) is 7.51. The van der Waals surface area contributed by atoms with Crippen LogP contribution in [0.1, 0.15) is 24.6 Å². The molecule has 0 radical (unpaired) electrons. The third kappa shape index (κ3) is 4.19. The quantitative estimate of drug-likeness (QED) is 0.793. The highest BCUT2D eigenvalue weighted by Gasteiger charge is 2.18. The van der Waals surface area contributed by atoms with E-state index in [0.717, 1.165) is 24.1 Å². The van der Waals surface area contributed by atoms with E-state index in [2.05, 4.69) is 20.3 Å². The Morgan fingerprint density at radius 1 is 1.35 bits per heavy atom. The van der Waals surface area contributed by atoms with Crippen molar-refractivity contribution in [3.05, 3.63) is 75.1 Å². The lowest BCUT2D eigenvalue weighted by atomic mass is 10.00. The lowest BCUT2D eigenvalue weighted by molar-refractivity contribution is -0.120. The molecule has 3 heterocycles. The maximum absolute atomic E-state index is 15.0. The maximum atomic E-state index is 15.0. The van der Waals surface area contributed by atoms with Crippen LogP contribution in [0.25, 0.3) is 11.0 Å². The van der Waals surface area contributed by atoms with Crippen molar-refractivity contribution < 1.29 is 9.18 Å². The first kappa shape index (κ1) is 20.7. The number of halogens is 1. The Kier molecular flexibility index (Phi) is 5.79. The molecule has 2 N–H and O–H groups in total. The van der Waals surface area contributed by atoms with Gasteiger partial charge in [-0.25, -0.2) is 9.37 Å². The van der Waals surface area contributed by atoms with Crippen LogP contribution in [0.4, 0.5) is 4.39 Å². The van der Waals surface area contributed by atoms with E-state index in [9.17, 15) is 9.59 Å². The highest BCUT2D eigenvalue weighted by molar-refractivity contribution is 5.92. The number of carbonyl (C=O) groups excluding carboxylic acids is 1. The standard InChI is InChI=1S/C23H24FN5O2/c1-3-17-23(31)28-21-18(27-17)6-5-16(20(21)24)13-29-10-8-14(9-11-29)15-4-7-19(26-12-15)22(30)25-2/h4-8,10,12,19H,3,9,11,13H2,1-2H3,(H,25,30)(H,28,31). The van der Waals surface area contributed by atoms with Gasteiger partial charge in [0.1, 0.15) is 17.3 Å². The largest absolute Gasteiger partial charge is 0.373 e. The Morgan fingerprint density at radius 2 is 2.19 bits per heavy atom. The van der Waals surface area contributed by atoms with Gasteiger partial charge in [-0.15, -0.1) is 0 Å². The van der Waals surface area contributed by atoms with Gasteiger partial charge in [0.15, 0.2) is 5.82 Å². The SMILES string of the molecule is CCc1nc2ccc(CN3C=CC(=C4C=CC(C(=O)NC)N=C4)CC3)c(F)c2[nH]c1=O. The zero-order valence-electron chi connectivity index (χ0n) is 17.5. The Hall–Kier alpha value is -3.55. The van der Waals surface area contributed by atoms with E-state index in [1.807, 2.05) is 30.2 Å². The Labute approximate surface area is 179 Å². The molecule has 31 heavy (non-hydrogen) atoms. The zero-order chi connectivity index (χ0) is 22.0. The molecule has 0 fully saturated rings. The lowest BCUT2D eigenvalue weighted by Crippen LogP contribution is -2.30. The van der Waals surface area contributed by atoms with Crippen LogP contribution in [0.2, 0.25) is 0 Å². The number of nitrogens with one attached hydrogen (secondary N) is 2. The molecule has 8 heteroatoms. The number of H-pyrrole nitrogens is 1. The number of carbonyl (C=O) groups is 1. The number of nitrogens with zero attached hydrogens (tertiary/aromatic N) is 3. The molecule has 2 aliphatic rings. The highest BCUT2D eigenvalue weighted by atomic mass is 19.1. The summed E-state index contributed by atoms with van der Waals surface area (Å²) in [5.74, 6) is -0.577. The molecule has 0 saturated heterocycles. The molecule has 4 rings (SSSR count). The summed E-state index contributed by atoms with van der Waals surface area (Å²) in [5.41, 5.74) is 3.26. The number of aryl methyl sites for hydroxylation is 1. The number of fused-ring (bicyclic) bond motifs is 1. The number of dihydropyridines is 1. The number of hydrogen-bond acceptors (Lipinski definition) is 5. The van der Waals surface area contributed by atoms with Crippen molar-refractivity contribution in [2.24, 2.45) is 4.99 Å². The van der Waals surface area contributed by atoms with Crippen LogP contribution >= 0.6 is 0 Å². The molecule has 7 nitrogen and oxygen atoms in total. The third-order valence-corrected chi connectivity index (χ3v) is 5.54. The summed E-state index contributed by atoms with van der Waals surface area (Å²) >= 11 is 0. The van der Waals surface area contributed by atoms with Gasteiger partial charge in [-0.05, 0) is 42.3 Å². The fourth-order valence-corrected chi connectivity index (χ4v) is 3.71. The van der Waals surface area contributed by atoms with Crippen LogP contribution in [-0.4, -0.2) is 46.6 Å². The molecule has 0 saturated carbocycles. The van der Waals surface area contributed by atoms with E-state index in [1.54, 1.807) is 31.5 Å². The first-order valence-corrected chi connectivity index (χ1v) is 10.3.